The van der Waals surface area contributed by atoms with E-state index in [-0.39, 0.29) is 5.41 Å². The Balaban J connectivity index is 1.26. The van der Waals surface area contributed by atoms with Gasteiger partial charge in [-0.3, -0.25) is 4.79 Å². The van der Waals surface area contributed by atoms with Gasteiger partial charge in [-0.15, -0.1) is 0 Å². The first kappa shape index (κ1) is 16.3. The lowest BCUT2D eigenvalue weighted by atomic mass is 9.49. The Hall–Kier alpha value is -1.85. The lowest BCUT2D eigenvalue weighted by Gasteiger charge is -2.57. The second kappa shape index (κ2) is 6.10. The van der Waals surface area contributed by atoms with E-state index in [9.17, 15) is 4.79 Å². The van der Waals surface area contributed by atoms with Gasteiger partial charge in [0.25, 0.3) is 0 Å². The number of hydrogen-bond donors (Lipinski definition) is 0. The van der Waals surface area contributed by atoms with Crippen LogP contribution in [0.15, 0.2) is 12.3 Å². The van der Waals surface area contributed by atoms with Gasteiger partial charge in [-0.25, -0.2) is 4.98 Å². The van der Waals surface area contributed by atoms with Crippen LogP contribution in [0.25, 0.3) is 0 Å². The second-order valence-corrected chi connectivity index (χ2v) is 8.88. The van der Waals surface area contributed by atoms with Crippen molar-refractivity contribution in [3.05, 3.63) is 12.3 Å². The Morgan fingerprint density at radius 2 is 1.69 bits per heavy atom. The molecular formula is C20H28N4O2. The number of nitrogens with zero attached hydrogens (tertiary/aromatic N) is 4. The highest BCUT2D eigenvalue weighted by Gasteiger charge is 2.55. The third-order valence-corrected chi connectivity index (χ3v) is 7.17. The smallest absolute Gasteiger partial charge is 0.228 e. The fourth-order valence-electron chi connectivity index (χ4n) is 6.42. The summed E-state index contributed by atoms with van der Waals surface area (Å²) in [5.74, 6) is 4.18. The van der Waals surface area contributed by atoms with Gasteiger partial charge in [0.05, 0.1) is 12.5 Å². The molecule has 0 radical (unpaired) electrons. The molecule has 5 fully saturated rings. The monoisotopic (exact) mass is 356 g/mol. The number of piperazine rings is 1. The molecule has 4 saturated carbocycles. The maximum absolute atomic E-state index is 13.5. The minimum Gasteiger partial charge on any atom is -0.481 e. The van der Waals surface area contributed by atoms with Crippen LogP contribution in [-0.4, -0.2) is 54.1 Å². The van der Waals surface area contributed by atoms with Crippen LogP contribution in [0.1, 0.15) is 38.5 Å². The molecular weight excluding hydrogens is 328 g/mol. The third kappa shape index (κ3) is 2.65. The average Bonchev–Trinajstić information content (AvgIpc) is 2.66. The molecule has 6 nitrogen and oxygen atoms in total. The standard InChI is InChI=1S/C20H28N4O2/c1-26-17-2-3-21-19(22-17)24-6-4-23(5-7-24)18(25)20-11-14-8-15(12-20)10-16(9-14)13-20/h2-3,14-16H,4-13H2,1H3. The lowest BCUT2D eigenvalue weighted by molar-refractivity contribution is -0.158. The average molecular weight is 356 g/mol. The van der Waals surface area contributed by atoms with E-state index in [4.69, 9.17) is 4.74 Å². The van der Waals surface area contributed by atoms with Crippen molar-refractivity contribution in [2.24, 2.45) is 23.2 Å². The molecule has 4 aliphatic carbocycles. The van der Waals surface area contributed by atoms with Crippen LogP contribution in [0.5, 0.6) is 5.88 Å². The topological polar surface area (TPSA) is 58.6 Å². The molecule has 0 N–H and O–H groups in total. The minimum absolute atomic E-state index is 0.0244. The number of carbonyl (C=O) groups is 1. The van der Waals surface area contributed by atoms with Gasteiger partial charge in [-0.05, 0) is 56.3 Å². The summed E-state index contributed by atoms with van der Waals surface area (Å²) in [4.78, 5) is 26.5. The van der Waals surface area contributed by atoms with Gasteiger partial charge in [-0.2, -0.15) is 4.98 Å². The lowest BCUT2D eigenvalue weighted by Crippen LogP contribution is -2.58. The number of hydrogen-bond acceptors (Lipinski definition) is 5. The minimum atomic E-state index is -0.0244. The fourth-order valence-corrected chi connectivity index (χ4v) is 6.42. The fraction of sp³-hybridized carbons (Fsp3) is 0.750. The summed E-state index contributed by atoms with van der Waals surface area (Å²) in [5, 5.41) is 0. The third-order valence-electron chi connectivity index (χ3n) is 7.17. The Kier molecular flexibility index (Phi) is 3.83. The van der Waals surface area contributed by atoms with Crippen LogP contribution in [0, 0.1) is 23.2 Å². The Bertz CT molecular complexity index is 664. The number of carbonyl (C=O) groups excluding carboxylic acids is 1. The van der Waals surface area contributed by atoms with E-state index in [1.165, 1.54) is 19.3 Å². The second-order valence-electron chi connectivity index (χ2n) is 8.88. The van der Waals surface area contributed by atoms with Crippen molar-refractivity contribution in [1.29, 1.82) is 0 Å². The first-order valence-electron chi connectivity index (χ1n) is 10.1. The van der Waals surface area contributed by atoms with Gasteiger partial charge in [0.15, 0.2) is 0 Å². The van der Waals surface area contributed by atoms with Crippen LogP contribution in [-0.2, 0) is 4.79 Å². The SMILES string of the molecule is COc1ccnc(N2CCN(C(=O)C34CC5CC(CC(C5)C3)C4)CC2)n1. The maximum atomic E-state index is 13.5. The van der Waals surface area contributed by atoms with E-state index in [0.29, 0.717) is 17.7 Å². The molecule has 1 aliphatic heterocycles. The summed E-state index contributed by atoms with van der Waals surface area (Å²) in [6.45, 7) is 3.15. The van der Waals surface area contributed by atoms with Crippen LogP contribution in [0.2, 0.25) is 0 Å². The van der Waals surface area contributed by atoms with E-state index >= 15 is 0 Å². The Morgan fingerprint density at radius 1 is 1.08 bits per heavy atom. The summed E-state index contributed by atoms with van der Waals surface area (Å²) >= 11 is 0. The van der Waals surface area contributed by atoms with Crippen molar-refractivity contribution in [1.82, 2.24) is 14.9 Å². The van der Waals surface area contributed by atoms with E-state index < -0.39 is 0 Å². The van der Waals surface area contributed by atoms with Crippen LogP contribution >= 0.6 is 0 Å². The Labute approximate surface area is 154 Å². The molecule has 1 saturated heterocycles. The summed E-state index contributed by atoms with van der Waals surface area (Å²) in [5.41, 5.74) is -0.0244. The number of anilines is 1. The molecule has 0 unspecified atom stereocenters. The van der Waals surface area contributed by atoms with Gasteiger partial charge in [0, 0.05) is 38.4 Å². The number of ether oxygens (including phenoxy) is 1. The molecule has 6 rings (SSSR count). The molecule has 1 aromatic rings. The molecule has 6 heteroatoms. The molecule has 140 valence electrons. The van der Waals surface area contributed by atoms with Crippen LogP contribution < -0.4 is 9.64 Å². The molecule has 5 aliphatic rings. The first-order chi connectivity index (χ1) is 12.6. The highest BCUT2D eigenvalue weighted by molar-refractivity contribution is 5.83. The van der Waals surface area contributed by atoms with Crippen LogP contribution in [0.3, 0.4) is 0 Å². The van der Waals surface area contributed by atoms with Gasteiger partial charge < -0.3 is 14.5 Å². The normalized spacial score (nSPS) is 35.7. The first-order valence-corrected chi connectivity index (χ1v) is 10.1. The van der Waals surface area contributed by atoms with E-state index in [1.54, 1.807) is 19.4 Å². The maximum Gasteiger partial charge on any atom is 0.228 e. The van der Waals surface area contributed by atoms with E-state index in [1.807, 2.05) is 0 Å². The summed E-state index contributed by atoms with van der Waals surface area (Å²) < 4.78 is 5.20. The summed E-state index contributed by atoms with van der Waals surface area (Å²) in [6, 6.07) is 1.76. The van der Waals surface area contributed by atoms with Gasteiger partial charge >= 0.3 is 0 Å². The van der Waals surface area contributed by atoms with Crippen LogP contribution in [0.4, 0.5) is 5.95 Å². The Morgan fingerprint density at radius 3 is 2.27 bits per heavy atom. The van der Waals surface area contributed by atoms with Crippen molar-refractivity contribution < 1.29 is 9.53 Å². The number of amides is 1. The predicted molar refractivity (Wildman–Crippen MR) is 98.0 cm³/mol. The molecule has 4 bridgehead atoms. The van der Waals surface area contributed by atoms with Crippen molar-refractivity contribution >= 4 is 11.9 Å². The molecule has 1 aromatic heterocycles. The summed E-state index contributed by atoms with van der Waals surface area (Å²) in [6.07, 6.45) is 9.33. The molecule has 2 heterocycles. The van der Waals surface area contributed by atoms with E-state index in [2.05, 4.69) is 19.8 Å². The zero-order valence-electron chi connectivity index (χ0n) is 15.6. The van der Waals surface area contributed by atoms with Gasteiger partial charge in [-0.1, -0.05) is 0 Å². The molecule has 0 aromatic carbocycles. The number of methoxy groups -OCH3 is 1. The molecule has 0 atom stereocenters. The quantitative estimate of drug-likeness (QED) is 0.832. The van der Waals surface area contributed by atoms with Crippen molar-refractivity contribution in [2.75, 3.05) is 38.2 Å². The number of aromatic nitrogens is 2. The highest BCUT2D eigenvalue weighted by atomic mass is 16.5. The molecule has 26 heavy (non-hydrogen) atoms. The van der Waals surface area contributed by atoms with Crippen molar-refractivity contribution in [2.45, 2.75) is 38.5 Å². The number of rotatable bonds is 3. The molecule has 1 amide bonds. The van der Waals surface area contributed by atoms with Gasteiger partial charge in [0.2, 0.25) is 17.7 Å². The van der Waals surface area contributed by atoms with E-state index in [0.717, 1.165) is 63.2 Å². The highest BCUT2D eigenvalue weighted by Crippen LogP contribution is 2.60. The molecule has 0 spiro atoms. The van der Waals surface area contributed by atoms with Crippen molar-refractivity contribution in [3.8, 4) is 5.88 Å². The zero-order chi connectivity index (χ0) is 17.7. The van der Waals surface area contributed by atoms with Crippen molar-refractivity contribution in [3.63, 3.8) is 0 Å². The predicted octanol–water partition coefficient (Wildman–Crippen LogP) is 2.35. The largest absolute Gasteiger partial charge is 0.481 e. The summed E-state index contributed by atoms with van der Waals surface area (Å²) in [7, 11) is 1.62. The zero-order valence-corrected chi connectivity index (χ0v) is 15.6. The van der Waals surface area contributed by atoms with Gasteiger partial charge in [0.1, 0.15) is 0 Å².